The number of likely N-dealkylation sites (tertiary alicyclic amines) is 1. The topological polar surface area (TPSA) is 44.8 Å². The smallest absolute Gasteiger partial charge is 0.318 e. The number of nitrogens with one attached hydrogen (secondary N) is 1. The molecule has 1 unspecified atom stereocenters. The molecule has 172 valence electrons. The number of benzene rings is 2. The predicted molar refractivity (Wildman–Crippen MR) is 124 cm³/mol. The van der Waals surface area contributed by atoms with Crippen LogP contribution in [-0.2, 0) is 6.54 Å². The van der Waals surface area contributed by atoms with Crippen molar-refractivity contribution in [2.24, 2.45) is 5.92 Å². The third-order valence-corrected chi connectivity index (χ3v) is 6.70. The monoisotopic (exact) mass is 439 g/mol. The summed E-state index contributed by atoms with van der Waals surface area (Å²) in [6, 6.07) is 15.7. The molecule has 2 aliphatic rings. The SMILES string of the molecule is COc1ccc(CN2CCC(NC(=O)N(CC3CC3)C(C)c3ccccc3)CC2)cc1F. The fourth-order valence-electron chi connectivity index (χ4n) is 4.47. The Hall–Kier alpha value is -2.60. The highest BCUT2D eigenvalue weighted by atomic mass is 19.1. The minimum atomic E-state index is -0.324. The summed E-state index contributed by atoms with van der Waals surface area (Å²) in [4.78, 5) is 17.5. The quantitative estimate of drug-likeness (QED) is 0.631. The van der Waals surface area contributed by atoms with Crippen LogP contribution in [0.1, 0.15) is 49.8 Å². The summed E-state index contributed by atoms with van der Waals surface area (Å²) < 4.78 is 19.0. The van der Waals surface area contributed by atoms with E-state index in [9.17, 15) is 9.18 Å². The first kappa shape index (κ1) is 22.6. The maximum absolute atomic E-state index is 14.0. The zero-order valence-electron chi connectivity index (χ0n) is 19.1. The highest BCUT2D eigenvalue weighted by Crippen LogP contribution is 2.33. The third-order valence-electron chi connectivity index (χ3n) is 6.70. The van der Waals surface area contributed by atoms with Gasteiger partial charge in [-0.25, -0.2) is 9.18 Å². The molecule has 4 rings (SSSR count). The van der Waals surface area contributed by atoms with Crippen molar-refractivity contribution in [3.63, 3.8) is 0 Å². The molecule has 1 heterocycles. The standard InChI is InChI=1S/C26H34FN3O2/c1-19(22-6-4-3-5-7-22)30(18-20-8-9-20)26(31)28-23-12-14-29(15-13-23)17-21-10-11-25(32-2)24(27)16-21/h3-7,10-11,16,19-20,23H,8-9,12-15,17-18H2,1-2H3,(H,28,31). The summed E-state index contributed by atoms with van der Waals surface area (Å²) in [5.74, 6) is 0.588. The first-order valence-corrected chi connectivity index (χ1v) is 11.7. The first-order valence-electron chi connectivity index (χ1n) is 11.7. The fourth-order valence-corrected chi connectivity index (χ4v) is 4.47. The number of carbonyl (C=O) groups excluding carboxylic acids is 1. The maximum atomic E-state index is 14.0. The Morgan fingerprint density at radius 1 is 1.16 bits per heavy atom. The van der Waals surface area contributed by atoms with Crippen molar-refractivity contribution >= 4 is 6.03 Å². The lowest BCUT2D eigenvalue weighted by atomic mass is 10.0. The molecular formula is C26H34FN3O2. The average Bonchev–Trinajstić information content (AvgIpc) is 3.63. The molecule has 0 bridgehead atoms. The van der Waals surface area contributed by atoms with Crippen molar-refractivity contribution in [3.05, 3.63) is 65.5 Å². The second-order valence-corrected chi connectivity index (χ2v) is 9.15. The highest BCUT2D eigenvalue weighted by Gasteiger charge is 2.31. The number of ether oxygens (including phenoxy) is 1. The molecule has 32 heavy (non-hydrogen) atoms. The molecule has 0 radical (unpaired) electrons. The normalized spacial score (nSPS) is 18.2. The lowest BCUT2D eigenvalue weighted by molar-refractivity contribution is 0.155. The van der Waals surface area contributed by atoms with Crippen molar-refractivity contribution in [2.45, 2.75) is 51.2 Å². The molecule has 2 fully saturated rings. The Balaban J connectivity index is 1.30. The molecule has 2 amide bonds. The maximum Gasteiger partial charge on any atom is 0.318 e. The number of halogens is 1. The Bertz CT molecular complexity index is 895. The van der Waals surface area contributed by atoms with E-state index in [1.807, 2.05) is 29.2 Å². The van der Waals surface area contributed by atoms with Crippen molar-refractivity contribution in [3.8, 4) is 5.75 Å². The Morgan fingerprint density at radius 2 is 1.88 bits per heavy atom. The predicted octanol–water partition coefficient (Wildman–Crippen LogP) is 4.98. The van der Waals surface area contributed by atoms with E-state index < -0.39 is 0 Å². The summed E-state index contributed by atoms with van der Waals surface area (Å²) in [5.41, 5.74) is 2.11. The van der Waals surface area contributed by atoms with Crippen LogP contribution in [0.15, 0.2) is 48.5 Å². The zero-order chi connectivity index (χ0) is 22.5. The van der Waals surface area contributed by atoms with Gasteiger partial charge >= 0.3 is 6.03 Å². The van der Waals surface area contributed by atoms with Crippen LogP contribution in [0.2, 0.25) is 0 Å². The van der Waals surface area contributed by atoms with E-state index in [4.69, 9.17) is 4.74 Å². The van der Waals surface area contributed by atoms with E-state index in [0.717, 1.165) is 38.0 Å². The van der Waals surface area contributed by atoms with Crippen LogP contribution >= 0.6 is 0 Å². The number of nitrogens with zero attached hydrogens (tertiary/aromatic N) is 2. The van der Waals surface area contributed by atoms with Crippen molar-refractivity contribution in [1.29, 1.82) is 0 Å². The largest absolute Gasteiger partial charge is 0.494 e. The van der Waals surface area contributed by atoms with E-state index in [2.05, 4.69) is 29.3 Å². The number of hydrogen-bond donors (Lipinski definition) is 1. The second-order valence-electron chi connectivity index (χ2n) is 9.15. The van der Waals surface area contributed by atoms with Crippen molar-refractivity contribution in [1.82, 2.24) is 15.1 Å². The van der Waals surface area contributed by atoms with Gasteiger partial charge < -0.3 is 15.0 Å². The summed E-state index contributed by atoms with van der Waals surface area (Å²) in [7, 11) is 1.48. The molecule has 0 spiro atoms. The molecule has 1 atom stereocenters. The van der Waals surface area contributed by atoms with Gasteiger partial charge in [0.1, 0.15) is 0 Å². The number of piperidine rings is 1. The van der Waals surface area contributed by atoms with E-state index in [1.165, 1.54) is 25.5 Å². The van der Waals surface area contributed by atoms with Gasteiger partial charge in [-0.3, -0.25) is 4.90 Å². The van der Waals surface area contributed by atoms with Crippen molar-refractivity contribution < 1.29 is 13.9 Å². The van der Waals surface area contributed by atoms with Gasteiger partial charge in [-0.1, -0.05) is 36.4 Å². The Morgan fingerprint density at radius 3 is 2.50 bits per heavy atom. The van der Waals surface area contributed by atoms with Gasteiger partial charge in [0.15, 0.2) is 11.6 Å². The van der Waals surface area contributed by atoms with Gasteiger partial charge in [0.25, 0.3) is 0 Å². The molecule has 1 aliphatic heterocycles. The van der Waals surface area contributed by atoms with Crippen LogP contribution < -0.4 is 10.1 Å². The molecule has 1 aliphatic carbocycles. The van der Waals surface area contributed by atoms with E-state index >= 15 is 0 Å². The molecular weight excluding hydrogens is 405 g/mol. The Labute approximate surface area is 190 Å². The van der Waals surface area contributed by atoms with Crippen LogP contribution in [0.3, 0.4) is 0 Å². The third kappa shape index (κ3) is 5.80. The first-order chi connectivity index (χ1) is 15.5. The van der Waals surface area contributed by atoms with Crippen LogP contribution in [0, 0.1) is 11.7 Å². The minimum Gasteiger partial charge on any atom is -0.494 e. The zero-order valence-corrected chi connectivity index (χ0v) is 19.1. The van der Waals surface area contributed by atoms with Gasteiger partial charge in [-0.05, 0) is 61.8 Å². The number of rotatable bonds is 8. The number of urea groups is 1. The summed E-state index contributed by atoms with van der Waals surface area (Å²) in [6.45, 7) is 5.42. The minimum absolute atomic E-state index is 0.0453. The number of carbonyl (C=O) groups is 1. The average molecular weight is 440 g/mol. The van der Waals surface area contributed by atoms with Gasteiger partial charge in [0.05, 0.1) is 13.2 Å². The van der Waals surface area contributed by atoms with Gasteiger partial charge in [-0.15, -0.1) is 0 Å². The van der Waals surface area contributed by atoms with Crippen LogP contribution in [-0.4, -0.2) is 48.6 Å². The number of hydrogen-bond acceptors (Lipinski definition) is 3. The van der Waals surface area contributed by atoms with Gasteiger partial charge in [0.2, 0.25) is 0 Å². The second kappa shape index (κ2) is 10.3. The van der Waals surface area contributed by atoms with Crippen LogP contribution in [0.4, 0.5) is 9.18 Å². The van der Waals surface area contributed by atoms with E-state index in [1.54, 1.807) is 12.1 Å². The summed E-state index contributed by atoms with van der Waals surface area (Å²) in [6.07, 6.45) is 4.24. The van der Waals surface area contributed by atoms with Gasteiger partial charge in [-0.2, -0.15) is 0 Å². The molecule has 1 saturated carbocycles. The summed E-state index contributed by atoms with van der Waals surface area (Å²) >= 11 is 0. The molecule has 2 aromatic carbocycles. The van der Waals surface area contributed by atoms with E-state index in [-0.39, 0.29) is 29.7 Å². The molecule has 6 heteroatoms. The fraction of sp³-hybridized carbons (Fsp3) is 0.500. The molecule has 1 N–H and O–H groups in total. The highest BCUT2D eigenvalue weighted by molar-refractivity contribution is 5.75. The van der Waals surface area contributed by atoms with Crippen molar-refractivity contribution in [2.75, 3.05) is 26.7 Å². The lowest BCUT2D eigenvalue weighted by Gasteiger charge is -2.35. The Kier molecular flexibility index (Phi) is 7.30. The molecule has 5 nitrogen and oxygen atoms in total. The lowest BCUT2D eigenvalue weighted by Crippen LogP contribution is -2.50. The molecule has 2 aromatic rings. The summed E-state index contributed by atoms with van der Waals surface area (Å²) in [5, 5.41) is 3.30. The van der Waals surface area contributed by atoms with Gasteiger partial charge in [0, 0.05) is 32.2 Å². The molecule has 1 saturated heterocycles. The van der Waals surface area contributed by atoms with E-state index in [0.29, 0.717) is 12.5 Å². The molecule has 0 aromatic heterocycles. The number of amides is 2. The number of methoxy groups -OCH3 is 1. The van der Waals surface area contributed by atoms with Crippen LogP contribution in [0.25, 0.3) is 0 Å². The van der Waals surface area contributed by atoms with Crippen LogP contribution in [0.5, 0.6) is 5.75 Å².